The first-order valence-corrected chi connectivity index (χ1v) is 6.64. The van der Waals surface area contributed by atoms with E-state index in [2.05, 4.69) is 42.6 Å². The summed E-state index contributed by atoms with van der Waals surface area (Å²) in [5.41, 5.74) is 5.09. The zero-order valence-electron chi connectivity index (χ0n) is 10.8. The maximum absolute atomic E-state index is 6.06. The SMILES string of the molecule is CCc1ccc(-c2ccc(Cl)cc2CNC)cc1. The highest BCUT2D eigenvalue weighted by atomic mass is 35.5. The molecule has 0 aliphatic carbocycles. The lowest BCUT2D eigenvalue weighted by Crippen LogP contribution is -2.06. The molecule has 18 heavy (non-hydrogen) atoms. The number of halogens is 1. The number of benzene rings is 2. The summed E-state index contributed by atoms with van der Waals surface area (Å²) >= 11 is 6.06. The Hall–Kier alpha value is -1.31. The van der Waals surface area contributed by atoms with Gasteiger partial charge in [0.15, 0.2) is 0 Å². The van der Waals surface area contributed by atoms with E-state index in [1.165, 1.54) is 22.3 Å². The van der Waals surface area contributed by atoms with Gasteiger partial charge in [0.2, 0.25) is 0 Å². The van der Waals surface area contributed by atoms with Crippen LogP contribution in [0.1, 0.15) is 18.1 Å². The molecule has 0 aliphatic heterocycles. The van der Waals surface area contributed by atoms with E-state index in [1.54, 1.807) is 0 Å². The Morgan fingerprint density at radius 3 is 2.39 bits per heavy atom. The lowest BCUT2D eigenvalue weighted by Gasteiger charge is -2.10. The highest BCUT2D eigenvalue weighted by molar-refractivity contribution is 6.30. The molecule has 0 fully saturated rings. The molecule has 0 heterocycles. The molecule has 2 rings (SSSR count). The predicted octanol–water partition coefficient (Wildman–Crippen LogP) is 4.29. The molecule has 0 unspecified atom stereocenters. The fraction of sp³-hybridized carbons (Fsp3) is 0.250. The summed E-state index contributed by atoms with van der Waals surface area (Å²) in [6.07, 6.45) is 1.07. The summed E-state index contributed by atoms with van der Waals surface area (Å²) in [6, 6.07) is 14.8. The third-order valence-electron chi connectivity index (χ3n) is 3.11. The van der Waals surface area contributed by atoms with E-state index < -0.39 is 0 Å². The summed E-state index contributed by atoms with van der Waals surface area (Å²) in [5.74, 6) is 0. The summed E-state index contributed by atoms with van der Waals surface area (Å²) in [5, 5.41) is 3.97. The van der Waals surface area contributed by atoms with Crippen molar-refractivity contribution in [1.29, 1.82) is 0 Å². The molecule has 0 aliphatic rings. The average Bonchev–Trinajstić information content (AvgIpc) is 2.40. The second-order valence-corrected chi connectivity index (χ2v) is 4.82. The molecule has 1 N–H and O–H groups in total. The van der Waals surface area contributed by atoms with Gasteiger partial charge in [-0.15, -0.1) is 0 Å². The van der Waals surface area contributed by atoms with E-state index in [1.807, 2.05) is 19.2 Å². The summed E-state index contributed by atoms with van der Waals surface area (Å²) < 4.78 is 0. The average molecular weight is 260 g/mol. The lowest BCUT2D eigenvalue weighted by molar-refractivity contribution is 0.819. The third-order valence-corrected chi connectivity index (χ3v) is 3.34. The van der Waals surface area contributed by atoms with Crippen molar-refractivity contribution in [2.24, 2.45) is 0 Å². The Kier molecular flexibility index (Phi) is 4.40. The molecule has 94 valence electrons. The second-order valence-electron chi connectivity index (χ2n) is 4.38. The fourth-order valence-corrected chi connectivity index (χ4v) is 2.30. The van der Waals surface area contributed by atoms with Gasteiger partial charge in [-0.1, -0.05) is 48.9 Å². The molecule has 0 bridgehead atoms. The van der Waals surface area contributed by atoms with E-state index in [-0.39, 0.29) is 0 Å². The van der Waals surface area contributed by atoms with Crippen LogP contribution in [-0.4, -0.2) is 7.05 Å². The van der Waals surface area contributed by atoms with Crippen LogP contribution in [-0.2, 0) is 13.0 Å². The van der Waals surface area contributed by atoms with Gasteiger partial charge >= 0.3 is 0 Å². The van der Waals surface area contributed by atoms with Crippen molar-refractivity contribution in [2.75, 3.05) is 7.05 Å². The topological polar surface area (TPSA) is 12.0 Å². The summed E-state index contributed by atoms with van der Waals surface area (Å²) in [4.78, 5) is 0. The van der Waals surface area contributed by atoms with Crippen LogP contribution in [0.3, 0.4) is 0 Å². The standard InChI is InChI=1S/C16H18ClN/c1-3-12-4-6-13(7-5-12)16-9-8-15(17)10-14(16)11-18-2/h4-10,18H,3,11H2,1-2H3. The normalized spacial score (nSPS) is 10.6. The van der Waals surface area contributed by atoms with Crippen LogP contribution >= 0.6 is 11.6 Å². The van der Waals surface area contributed by atoms with E-state index in [0.29, 0.717) is 0 Å². The fourth-order valence-electron chi connectivity index (χ4n) is 2.10. The van der Waals surface area contributed by atoms with Crippen molar-refractivity contribution in [3.05, 3.63) is 58.6 Å². The Labute approximate surface area is 114 Å². The maximum Gasteiger partial charge on any atom is 0.0409 e. The van der Waals surface area contributed by atoms with Crippen LogP contribution in [0, 0.1) is 0 Å². The van der Waals surface area contributed by atoms with Gasteiger partial charge in [0, 0.05) is 11.6 Å². The van der Waals surface area contributed by atoms with Gasteiger partial charge in [-0.2, -0.15) is 0 Å². The summed E-state index contributed by atoms with van der Waals surface area (Å²) in [7, 11) is 1.95. The number of rotatable bonds is 4. The van der Waals surface area contributed by atoms with Gasteiger partial charge in [-0.25, -0.2) is 0 Å². The maximum atomic E-state index is 6.06. The van der Waals surface area contributed by atoms with Gasteiger partial charge in [-0.05, 0) is 47.9 Å². The largest absolute Gasteiger partial charge is 0.316 e. The van der Waals surface area contributed by atoms with Crippen LogP contribution in [0.4, 0.5) is 0 Å². The molecular weight excluding hydrogens is 242 g/mol. The first-order chi connectivity index (χ1) is 8.74. The smallest absolute Gasteiger partial charge is 0.0409 e. The number of aryl methyl sites for hydroxylation is 1. The summed E-state index contributed by atoms with van der Waals surface area (Å²) in [6.45, 7) is 3.00. The quantitative estimate of drug-likeness (QED) is 0.864. The number of hydrogen-bond donors (Lipinski definition) is 1. The van der Waals surface area contributed by atoms with Crippen molar-refractivity contribution in [3.8, 4) is 11.1 Å². The van der Waals surface area contributed by atoms with Crippen molar-refractivity contribution < 1.29 is 0 Å². The zero-order chi connectivity index (χ0) is 13.0. The van der Waals surface area contributed by atoms with Crippen LogP contribution in [0.25, 0.3) is 11.1 Å². The second kappa shape index (κ2) is 6.03. The monoisotopic (exact) mass is 259 g/mol. The van der Waals surface area contributed by atoms with E-state index in [4.69, 9.17) is 11.6 Å². The molecule has 2 aromatic carbocycles. The van der Waals surface area contributed by atoms with Gasteiger partial charge < -0.3 is 5.32 Å². The number of nitrogens with one attached hydrogen (secondary N) is 1. The highest BCUT2D eigenvalue weighted by Gasteiger charge is 2.05. The molecule has 0 saturated carbocycles. The first kappa shape index (κ1) is 13.1. The van der Waals surface area contributed by atoms with E-state index >= 15 is 0 Å². The van der Waals surface area contributed by atoms with Crippen LogP contribution < -0.4 is 5.32 Å². The van der Waals surface area contributed by atoms with Crippen molar-refractivity contribution in [2.45, 2.75) is 19.9 Å². The molecule has 0 radical (unpaired) electrons. The zero-order valence-corrected chi connectivity index (χ0v) is 11.6. The lowest BCUT2D eigenvalue weighted by atomic mass is 9.98. The third kappa shape index (κ3) is 2.92. The molecule has 2 aromatic rings. The predicted molar refractivity (Wildman–Crippen MR) is 79.0 cm³/mol. The van der Waals surface area contributed by atoms with E-state index in [0.717, 1.165) is 18.0 Å². The van der Waals surface area contributed by atoms with Crippen LogP contribution in [0.2, 0.25) is 5.02 Å². The molecular formula is C16H18ClN. The Morgan fingerprint density at radius 2 is 1.78 bits per heavy atom. The highest BCUT2D eigenvalue weighted by Crippen LogP contribution is 2.27. The Balaban J connectivity index is 2.41. The molecule has 0 aromatic heterocycles. The van der Waals surface area contributed by atoms with Crippen molar-refractivity contribution in [3.63, 3.8) is 0 Å². The van der Waals surface area contributed by atoms with Gasteiger partial charge in [0.25, 0.3) is 0 Å². The van der Waals surface area contributed by atoms with Gasteiger partial charge in [0.1, 0.15) is 0 Å². The molecule has 0 saturated heterocycles. The first-order valence-electron chi connectivity index (χ1n) is 6.27. The molecule has 0 atom stereocenters. The minimum Gasteiger partial charge on any atom is -0.316 e. The Bertz CT molecular complexity index is 517. The van der Waals surface area contributed by atoms with Crippen molar-refractivity contribution >= 4 is 11.6 Å². The number of hydrogen-bond acceptors (Lipinski definition) is 1. The molecule has 0 amide bonds. The minimum atomic E-state index is 0.786. The van der Waals surface area contributed by atoms with Gasteiger partial charge in [-0.3, -0.25) is 0 Å². The minimum absolute atomic E-state index is 0.786. The molecule has 2 heteroatoms. The molecule has 1 nitrogen and oxygen atoms in total. The van der Waals surface area contributed by atoms with E-state index in [9.17, 15) is 0 Å². The Morgan fingerprint density at radius 1 is 1.06 bits per heavy atom. The van der Waals surface area contributed by atoms with Crippen LogP contribution in [0.5, 0.6) is 0 Å². The van der Waals surface area contributed by atoms with Gasteiger partial charge in [0.05, 0.1) is 0 Å². The molecule has 0 spiro atoms. The van der Waals surface area contributed by atoms with Crippen LogP contribution in [0.15, 0.2) is 42.5 Å². The van der Waals surface area contributed by atoms with Crippen molar-refractivity contribution in [1.82, 2.24) is 5.32 Å².